The molecule has 158 valence electrons. The van der Waals surface area contributed by atoms with E-state index < -0.39 is 17.5 Å². The van der Waals surface area contributed by atoms with Crippen molar-refractivity contribution < 1.29 is 13.6 Å². The van der Waals surface area contributed by atoms with E-state index in [2.05, 4.69) is 25.8 Å². The Morgan fingerprint density at radius 2 is 1.94 bits per heavy atom. The number of nitrogens with one attached hydrogen (secondary N) is 3. The third-order valence-electron chi connectivity index (χ3n) is 4.10. The maximum atomic E-state index is 13.5. The number of aromatic nitrogens is 2. The fraction of sp³-hybridized carbons (Fsp3) is 0.182. The number of nitrogens with zero attached hydrogens (tertiary/aromatic N) is 3. The number of amides is 1. The van der Waals surface area contributed by atoms with Crippen molar-refractivity contribution >= 4 is 17.7 Å². The molecule has 7 nitrogen and oxygen atoms in total. The summed E-state index contributed by atoms with van der Waals surface area (Å²) in [6.45, 7) is 4.39. The van der Waals surface area contributed by atoms with Crippen LogP contribution in [-0.4, -0.2) is 28.6 Å². The van der Waals surface area contributed by atoms with Crippen LogP contribution in [0.1, 0.15) is 29.8 Å². The molecule has 3 N–H and O–H groups in total. The fourth-order valence-corrected chi connectivity index (χ4v) is 2.66. The third-order valence-corrected chi connectivity index (χ3v) is 4.10. The van der Waals surface area contributed by atoms with Crippen LogP contribution in [0.4, 0.5) is 14.6 Å². The Labute approximate surface area is 177 Å². The second kappa shape index (κ2) is 9.63. The first-order valence-corrected chi connectivity index (χ1v) is 9.49. The van der Waals surface area contributed by atoms with Gasteiger partial charge in [-0.05, 0) is 36.2 Å². The molecule has 0 saturated heterocycles. The van der Waals surface area contributed by atoms with E-state index in [-0.39, 0.29) is 17.4 Å². The summed E-state index contributed by atoms with van der Waals surface area (Å²) in [5, 5.41) is 21.4. The quantitative estimate of drug-likeness (QED) is 0.425. The highest BCUT2D eigenvalue weighted by atomic mass is 19.1. The number of carbonyl (C=O) groups excluding carboxylic acids is 1. The first kappa shape index (κ1) is 21.6. The Balaban J connectivity index is 1.80. The van der Waals surface area contributed by atoms with Crippen LogP contribution < -0.4 is 10.6 Å². The van der Waals surface area contributed by atoms with E-state index >= 15 is 0 Å². The molecule has 1 heterocycles. The van der Waals surface area contributed by atoms with Crippen LogP contribution in [-0.2, 0) is 0 Å². The maximum absolute atomic E-state index is 13.5. The van der Waals surface area contributed by atoms with E-state index in [0.717, 1.165) is 6.07 Å². The van der Waals surface area contributed by atoms with Crippen molar-refractivity contribution in [2.75, 3.05) is 11.9 Å². The number of benzene rings is 2. The molecule has 0 aliphatic heterocycles. The molecule has 0 atom stereocenters. The first-order chi connectivity index (χ1) is 14.8. The lowest BCUT2D eigenvalue weighted by Crippen LogP contribution is -2.36. The monoisotopic (exact) mass is 422 g/mol. The Morgan fingerprint density at radius 1 is 1.19 bits per heavy atom. The Bertz CT molecular complexity index is 1140. The zero-order valence-corrected chi connectivity index (χ0v) is 16.9. The highest BCUT2D eigenvalue weighted by molar-refractivity contribution is 6.09. The Hall–Kier alpha value is -4.06. The summed E-state index contributed by atoms with van der Waals surface area (Å²) in [6.07, 6.45) is 0. The second-order valence-corrected chi connectivity index (χ2v) is 7.18. The molecule has 2 aromatic carbocycles. The van der Waals surface area contributed by atoms with Crippen molar-refractivity contribution in [2.24, 2.45) is 10.9 Å². The molecule has 0 aliphatic rings. The summed E-state index contributed by atoms with van der Waals surface area (Å²) in [5.74, 6) is -1.16. The van der Waals surface area contributed by atoms with Gasteiger partial charge in [-0.15, -0.1) is 0 Å². The molecule has 0 radical (unpaired) electrons. The summed E-state index contributed by atoms with van der Waals surface area (Å²) in [4.78, 5) is 17.0. The van der Waals surface area contributed by atoms with Crippen LogP contribution in [0, 0.1) is 28.9 Å². The minimum Gasteiger partial charge on any atom is -0.309 e. The van der Waals surface area contributed by atoms with Crippen LogP contribution >= 0.6 is 0 Å². The number of hydrogen-bond donors (Lipinski definition) is 3. The molecule has 0 saturated carbocycles. The van der Waals surface area contributed by atoms with E-state index in [0.29, 0.717) is 29.2 Å². The van der Waals surface area contributed by atoms with Gasteiger partial charge in [0.25, 0.3) is 5.91 Å². The lowest BCUT2D eigenvalue weighted by Gasteiger charge is -2.11. The van der Waals surface area contributed by atoms with Crippen molar-refractivity contribution in [1.29, 1.82) is 5.26 Å². The molecule has 0 aliphatic carbocycles. The molecule has 1 amide bonds. The average molecular weight is 422 g/mol. The predicted molar refractivity (Wildman–Crippen MR) is 113 cm³/mol. The van der Waals surface area contributed by atoms with Crippen LogP contribution in [0.25, 0.3) is 11.3 Å². The molecule has 0 fully saturated rings. The lowest BCUT2D eigenvalue weighted by atomic mass is 10.1. The topological polar surface area (TPSA) is 106 Å². The number of aliphatic imine (C=N–C) groups is 1. The second-order valence-electron chi connectivity index (χ2n) is 7.18. The highest BCUT2D eigenvalue weighted by Gasteiger charge is 2.13. The van der Waals surface area contributed by atoms with Gasteiger partial charge in [0.15, 0.2) is 5.82 Å². The molecule has 3 aromatic rings. The largest absolute Gasteiger partial charge is 0.309 e. The van der Waals surface area contributed by atoms with E-state index in [1.165, 1.54) is 18.2 Å². The Kier molecular flexibility index (Phi) is 6.72. The minimum absolute atomic E-state index is 0.157. The average Bonchev–Trinajstić information content (AvgIpc) is 3.20. The maximum Gasteiger partial charge on any atom is 0.258 e. The van der Waals surface area contributed by atoms with Gasteiger partial charge < -0.3 is 5.32 Å². The van der Waals surface area contributed by atoms with Gasteiger partial charge in [0.1, 0.15) is 11.6 Å². The number of carbonyl (C=O) groups is 1. The molecule has 9 heteroatoms. The van der Waals surface area contributed by atoms with Crippen LogP contribution in [0.2, 0.25) is 0 Å². The van der Waals surface area contributed by atoms with E-state index in [9.17, 15) is 13.6 Å². The summed E-state index contributed by atoms with van der Waals surface area (Å²) in [6, 6.07) is 12.9. The number of guanidine groups is 1. The van der Waals surface area contributed by atoms with Crippen molar-refractivity contribution in [2.45, 2.75) is 13.8 Å². The normalized spacial score (nSPS) is 11.3. The van der Waals surface area contributed by atoms with Gasteiger partial charge >= 0.3 is 0 Å². The van der Waals surface area contributed by atoms with Crippen molar-refractivity contribution in [3.63, 3.8) is 0 Å². The molecule has 1 aromatic heterocycles. The van der Waals surface area contributed by atoms with Crippen LogP contribution in [0.5, 0.6) is 0 Å². The number of anilines is 1. The summed E-state index contributed by atoms with van der Waals surface area (Å²) in [7, 11) is 0. The van der Waals surface area contributed by atoms with Gasteiger partial charge in [0, 0.05) is 29.8 Å². The van der Waals surface area contributed by atoms with Gasteiger partial charge in [-0.25, -0.2) is 8.78 Å². The summed E-state index contributed by atoms with van der Waals surface area (Å²) in [5.41, 5.74) is 1.34. The zero-order valence-electron chi connectivity index (χ0n) is 16.9. The molecular weight excluding hydrogens is 402 g/mol. The smallest absolute Gasteiger partial charge is 0.258 e. The number of H-pyrrole nitrogens is 1. The summed E-state index contributed by atoms with van der Waals surface area (Å²) < 4.78 is 27.0. The fourth-order valence-electron chi connectivity index (χ4n) is 2.66. The molecule has 0 unspecified atom stereocenters. The van der Waals surface area contributed by atoms with Gasteiger partial charge in [0.2, 0.25) is 5.96 Å². The van der Waals surface area contributed by atoms with Gasteiger partial charge in [-0.3, -0.25) is 20.2 Å². The zero-order chi connectivity index (χ0) is 22.4. The van der Waals surface area contributed by atoms with Crippen molar-refractivity contribution in [1.82, 2.24) is 15.5 Å². The third kappa shape index (κ3) is 5.96. The highest BCUT2D eigenvalue weighted by Crippen LogP contribution is 2.22. The minimum atomic E-state index is -0.704. The molecule has 0 spiro atoms. The summed E-state index contributed by atoms with van der Waals surface area (Å²) >= 11 is 0. The number of rotatable bonds is 5. The number of hydrogen-bond acceptors (Lipinski definition) is 4. The molecule has 0 bridgehead atoms. The molecular formula is C22H20F2N6O. The van der Waals surface area contributed by atoms with Crippen LogP contribution in [0.3, 0.4) is 0 Å². The van der Waals surface area contributed by atoms with Crippen LogP contribution in [0.15, 0.2) is 53.5 Å². The van der Waals surface area contributed by atoms with E-state index in [1.54, 1.807) is 24.3 Å². The Morgan fingerprint density at radius 3 is 2.61 bits per heavy atom. The van der Waals surface area contributed by atoms with Gasteiger partial charge in [-0.2, -0.15) is 10.4 Å². The SMILES string of the molecule is CC(C)CN=C(NC(=O)c1cccc(C#N)c1)Nc1cc(-c2cc(F)cc(F)c2)[nH]n1. The number of nitriles is 1. The van der Waals surface area contributed by atoms with Gasteiger partial charge in [0.05, 0.1) is 17.3 Å². The van der Waals surface area contributed by atoms with E-state index in [4.69, 9.17) is 5.26 Å². The van der Waals surface area contributed by atoms with Crippen molar-refractivity contribution in [3.05, 3.63) is 71.3 Å². The van der Waals surface area contributed by atoms with Crippen molar-refractivity contribution in [3.8, 4) is 17.3 Å². The standard InChI is InChI=1S/C22H20F2N6O/c1-13(2)12-26-22(28-21(31)15-5-3-4-14(6-15)11-25)27-20-10-19(29-30-20)16-7-17(23)9-18(24)8-16/h3-10,13H,12H2,1-2H3,(H3,26,27,28,29,30,31). The van der Waals surface area contributed by atoms with E-state index in [1.807, 2.05) is 19.9 Å². The lowest BCUT2D eigenvalue weighted by molar-refractivity contribution is 0.0977. The number of halogens is 2. The molecule has 3 rings (SSSR count). The van der Waals surface area contributed by atoms with Gasteiger partial charge in [-0.1, -0.05) is 19.9 Å². The first-order valence-electron chi connectivity index (χ1n) is 9.49. The molecule has 31 heavy (non-hydrogen) atoms. The number of aromatic amines is 1. The predicted octanol–water partition coefficient (Wildman–Crippen LogP) is 4.08.